The average Bonchev–Trinajstić information content (AvgIpc) is 2.85. The predicted octanol–water partition coefficient (Wildman–Crippen LogP) is 11.5. The van der Waals surface area contributed by atoms with E-state index in [0.717, 1.165) is 12.8 Å². The normalized spacial score (nSPS) is 31.2. The monoisotopic (exact) mass is 718 g/mol. The van der Waals surface area contributed by atoms with E-state index >= 15 is 0 Å². The molecule has 1 aromatic carbocycles. The van der Waals surface area contributed by atoms with Crippen molar-refractivity contribution in [3.05, 3.63) is 30.3 Å². The molecule has 0 unspecified atom stereocenters. The summed E-state index contributed by atoms with van der Waals surface area (Å²) in [7, 11) is 0.0140. The Balaban J connectivity index is 1.84. The van der Waals surface area contributed by atoms with Crippen LogP contribution < -0.4 is 0 Å². The number of thioether (sulfide) groups is 2. The van der Waals surface area contributed by atoms with Crippen molar-refractivity contribution in [1.82, 2.24) is 0 Å². The van der Waals surface area contributed by atoms with Gasteiger partial charge in [0, 0.05) is 21.3 Å². The highest BCUT2D eigenvalue weighted by atomic mass is 33.1. The van der Waals surface area contributed by atoms with Gasteiger partial charge in [-0.1, -0.05) is 114 Å². The summed E-state index contributed by atoms with van der Waals surface area (Å²) in [6.45, 7) is 34.9. The summed E-state index contributed by atoms with van der Waals surface area (Å²) in [5.41, 5.74) is 0.140. The lowest BCUT2D eigenvalue weighted by Gasteiger charge is -2.49. The molecule has 44 heavy (non-hydrogen) atoms. The Morgan fingerprint density at radius 3 is 1.82 bits per heavy atom. The summed E-state index contributed by atoms with van der Waals surface area (Å²) >= 11 is 3.78. The molecule has 2 aliphatic rings. The zero-order valence-electron chi connectivity index (χ0n) is 30.2. The first-order valence-corrected chi connectivity index (χ1v) is 26.2. The van der Waals surface area contributed by atoms with Crippen LogP contribution in [0.1, 0.15) is 89.0 Å². The number of hydrogen-bond acceptors (Lipinski definition) is 8. The molecule has 0 radical (unpaired) electrons. The van der Waals surface area contributed by atoms with E-state index in [0.29, 0.717) is 5.25 Å². The molecule has 1 aromatic rings. The van der Waals surface area contributed by atoms with Crippen molar-refractivity contribution in [1.29, 1.82) is 0 Å². The minimum absolute atomic E-state index is 0.0226. The SMILES string of the molecule is C[C@H]1O[C@@H](S[C@@H]2[C@@H](C)O[C@H](Sc3ccccc3)C[C@H]2O[Si](C)(C)C(C)(C)C)C[C@@H](SSC(C)(C)C)[C@@H]1O[Si](C)(C)C(C)(C)C. The fraction of sp³-hybridized carbons (Fsp3) is 0.824. The van der Waals surface area contributed by atoms with E-state index < -0.39 is 16.6 Å². The molecular formula is C34H62O4S4Si2. The summed E-state index contributed by atoms with van der Waals surface area (Å²) in [6.07, 6.45) is 2.11. The predicted molar refractivity (Wildman–Crippen MR) is 204 cm³/mol. The molecule has 254 valence electrons. The highest BCUT2D eigenvalue weighted by molar-refractivity contribution is 8.77. The van der Waals surface area contributed by atoms with Crippen LogP contribution in [0.25, 0.3) is 0 Å². The largest absolute Gasteiger partial charge is 0.413 e. The molecule has 0 spiro atoms. The summed E-state index contributed by atoms with van der Waals surface area (Å²) in [4.78, 5) is 1.25. The van der Waals surface area contributed by atoms with Gasteiger partial charge in [-0.15, -0.1) is 11.8 Å². The molecule has 0 N–H and O–H groups in total. The molecule has 0 aliphatic carbocycles. The topological polar surface area (TPSA) is 36.9 Å². The highest BCUT2D eigenvalue weighted by Crippen LogP contribution is 2.50. The molecule has 4 nitrogen and oxygen atoms in total. The fourth-order valence-electron chi connectivity index (χ4n) is 4.84. The molecule has 8 atom stereocenters. The third-order valence-corrected chi connectivity index (χ3v) is 25.0. The van der Waals surface area contributed by atoms with Crippen molar-refractivity contribution < 1.29 is 18.3 Å². The smallest absolute Gasteiger partial charge is 0.192 e. The molecule has 10 heteroatoms. The van der Waals surface area contributed by atoms with Crippen LogP contribution in [0.2, 0.25) is 36.3 Å². The van der Waals surface area contributed by atoms with Crippen LogP contribution in [0.3, 0.4) is 0 Å². The first kappa shape index (κ1) is 39.3. The number of rotatable bonds is 10. The van der Waals surface area contributed by atoms with Crippen molar-refractivity contribution in [2.24, 2.45) is 0 Å². The van der Waals surface area contributed by atoms with Crippen molar-refractivity contribution in [3.8, 4) is 0 Å². The van der Waals surface area contributed by atoms with Gasteiger partial charge in [-0.25, -0.2) is 0 Å². The van der Waals surface area contributed by atoms with Crippen molar-refractivity contribution in [2.45, 2.75) is 181 Å². The van der Waals surface area contributed by atoms with Crippen molar-refractivity contribution in [2.75, 3.05) is 0 Å². The van der Waals surface area contributed by atoms with Gasteiger partial charge in [0.2, 0.25) is 0 Å². The second-order valence-corrected chi connectivity index (χ2v) is 32.0. The molecule has 3 rings (SSSR count). The highest BCUT2D eigenvalue weighted by Gasteiger charge is 2.49. The van der Waals surface area contributed by atoms with Gasteiger partial charge in [-0.3, -0.25) is 0 Å². The Kier molecular flexibility index (Phi) is 13.6. The maximum Gasteiger partial charge on any atom is 0.192 e. The molecular weight excluding hydrogens is 657 g/mol. The van der Waals surface area contributed by atoms with Crippen LogP contribution in [-0.2, 0) is 18.3 Å². The standard InChI is InChI=1S/C34H62O4S4Si2/c1-23-30(38-44(14,15)34(9,10)11)27(41-42-32(3,4)5)22-29(35-23)40-31-24(2)36-28(39-25-19-17-16-18-20-25)21-26(31)37-43(12,13)33(6,7)8/h16-20,23-24,26-31H,21-22H2,1-15H3/t23-,24-,26-,27-,28-,29+,30-,31-/m1/s1. The van der Waals surface area contributed by atoms with Crippen LogP contribution in [0.4, 0.5) is 0 Å². The third kappa shape index (κ3) is 11.0. The molecule has 2 saturated heterocycles. The van der Waals surface area contributed by atoms with Crippen molar-refractivity contribution in [3.63, 3.8) is 0 Å². The van der Waals surface area contributed by atoms with Crippen LogP contribution in [0.15, 0.2) is 35.2 Å². The van der Waals surface area contributed by atoms with Crippen LogP contribution in [0.5, 0.6) is 0 Å². The molecule has 0 amide bonds. The van der Waals surface area contributed by atoms with Gasteiger partial charge in [-0.2, -0.15) is 0 Å². The minimum atomic E-state index is -2.01. The Morgan fingerprint density at radius 1 is 0.727 bits per heavy atom. The van der Waals surface area contributed by atoms with Gasteiger partial charge in [0.1, 0.15) is 10.9 Å². The number of benzene rings is 1. The lowest BCUT2D eigenvalue weighted by molar-refractivity contribution is -0.0698. The molecule has 2 fully saturated rings. The van der Waals surface area contributed by atoms with Gasteiger partial charge >= 0.3 is 0 Å². The Bertz CT molecular complexity index is 1040. The Hall–Kier alpha value is 0.894. The molecule has 0 aromatic heterocycles. The van der Waals surface area contributed by atoms with Crippen molar-refractivity contribution >= 4 is 61.7 Å². The minimum Gasteiger partial charge on any atom is -0.413 e. The van der Waals surface area contributed by atoms with Crippen LogP contribution >= 0.6 is 45.1 Å². The van der Waals surface area contributed by atoms with E-state index in [9.17, 15) is 0 Å². The van der Waals surface area contributed by atoms with Gasteiger partial charge in [0.05, 0.1) is 29.7 Å². The molecule has 2 aliphatic heterocycles. The lowest BCUT2D eigenvalue weighted by atomic mass is 10.1. The van der Waals surface area contributed by atoms with Crippen LogP contribution in [0, 0.1) is 0 Å². The fourth-order valence-corrected chi connectivity index (χ4v) is 13.4. The van der Waals surface area contributed by atoms with Crippen LogP contribution in [-0.4, -0.2) is 67.2 Å². The van der Waals surface area contributed by atoms with Gasteiger partial charge < -0.3 is 18.3 Å². The summed E-state index contributed by atoms with van der Waals surface area (Å²) in [6, 6.07) is 10.6. The van der Waals surface area contributed by atoms with Gasteiger partial charge in [0.25, 0.3) is 0 Å². The summed E-state index contributed by atoms with van der Waals surface area (Å²) < 4.78 is 28.1. The second-order valence-electron chi connectivity index (χ2n) is 16.6. The Labute approximate surface area is 289 Å². The zero-order valence-corrected chi connectivity index (χ0v) is 35.5. The van der Waals surface area contributed by atoms with E-state index in [1.807, 2.05) is 45.1 Å². The van der Waals surface area contributed by atoms with Gasteiger partial charge in [0.15, 0.2) is 16.6 Å². The summed E-state index contributed by atoms with van der Waals surface area (Å²) in [5, 5.41) is 0.854. The van der Waals surface area contributed by atoms with E-state index in [1.165, 1.54) is 4.90 Å². The molecule has 0 saturated carbocycles. The zero-order chi connectivity index (χ0) is 33.3. The lowest BCUT2D eigenvalue weighted by Crippen LogP contribution is -2.55. The third-order valence-electron chi connectivity index (χ3n) is 9.47. The number of ether oxygens (including phenoxy) is 2. The maximum atomic E-state index is 7.25. The maximum absolute atomic E-state index is 7.25. The van der Waals surface area contributed by atoms with E-state index in [2.05, 4.69) is 133 Å². The quantitative estimate of drug-likeness (QED) is 0.175. The molecule has 2 heterocycles. The average molecular weight is 719 g/mol. The Morgan fingerprint density at radius 2 is 1.27 bits per heavy atom. The summed E-state index contributed by atoms with van der Waals surface area (Å²) in [5.74, 6) is 0. The molecule has 0 bridgehead atoms. The van der Waals surface area contributed by atoms with E-state index in [1.54, 1.807) is 0 Å². The van der Waals surface area contributed by atoms with E-state index in [4.69, 9.17) is 18.3 Å². The first-order chi connectivity index (χ1) is 20.0. The van der Waals surface area contributed by atoms with Gasteiger partial charge in [-0.05, 0) is 68.7 Å². The van der Waals surface area contributed by atoms with E-state index in [-0.39, 0.29) is 55.4 Å². The number of hydrogen-bond donors (Lipinski definition) is 0. The second kappa shape index (κ2) is 15.2. The first-order valence-electron chi connectivity index (χ1n) is 16.4.